The molecule has 2 aromatic heterocycles. The Balaban J connectivity index is 2.17. The summed E-state index contributed by atoms with van der Waals surface area (Å²) in [5.41, 5.74) is 6.09. The Morgan fingerprint density at radius 1 is 1.55 bits per heavy atom. The molecule has 0 bridgehead atoms. The van der Waals surface area contributed by atoms with E-state index in [9.17, 15) is 15.3 Å². The van der Waals surface area contributed by atoms with Gasteiger partial charge in [-0.3, -0.25) is 4.57 Å². The highest BCUT2D eigenvalue weighted by Crippen LogP contribution is 2.42. The van der Waals surface area contributed by atoms with Gasteiger partial charge in [0.1, 0.15) is 30.0 Å². The van der Waals surface area contributed by atoms with Crippen molar-refractivity contribution in [3.63, 3.8) is 0 Å². The smallest absolute Gasteiger partial charge is 0.241 e. The first-order valence-corrected chi connectivity index (χ1v) is 6.80. The second-order valence-electron chi connectivity index (χ2n) is 4.95. The Morgan fingerprint density at radius 3 is 2.91 bits per heavy atom. The fourth-order valence-electron chi connectivity index (χ4n) is 2.62. The largest absolute Gasteiger partial charge is 0.394 e. The van der Waals surface area contributed by atoms with Crippen LogP contribution in [0.5, 0.6) is 0 Å². The number of ether oxygens (including phenoxy) is 2. The van der Waals surface area contributed by atoms with Crippen LogP contribution in [0.3, 0.4) is 0 Å². The zero-order chi connectivity index (χ0) is 16.1. The van der Waals surface area contributed by atoms with Crippen LogP contribution in [0.15, 0.2) is 12.5 Å². The van der Waals surface area contributed by atoms with E-state index >= 15 is 0 Å². The van der Waals surface area contributed by atoms with Gasteiger partial charge in [0.05, 0.1) is 17.0 Å². The van der Waals surface area contributed by atoms with Crippen molar-refractivity contribution in [2.24, 2.45) is 0 Å². The number of nitrogen functional groups attached to an aromatic ring is 1. The summed E-state index contributed by atoms with van der Waals surface area (Å²) in [5, 5.41) is 30.6. The molecule has 120 valence electrons. The number of aliphatic hydroxyl groups is 3. The van der Waals surface area contributed by atoms with E-state index < -0.39 is 30.8 Å². The Kier molecular flexibility index (Phi) is 3.71. The SMILES string of the molecule is CO[C@]1(O)C(n2cc(Cl)c3c(N)ncnc32)O[C@H](CO)[C@H]1O. The monoisotopic (exact) mass is 330 g/mol. The molecule has 0 saturated carbocycles. The van der Waals surface area contributed by atoms with Crippen molar-refractivity contribution >= 4 is 28.5 Å². The van der Waals surface area contributed by atoms with Crippen LogP contribution >= 0.6 is 11.6 Å². The van der Waals surface area contributed by atoms with Gasteiger partial charge in [-0.05, 0) is 0 Å². The van der Waals surface area contributed by atoms with Gasteiger partial charge in [-0.1, -0.05) is 11.6 Å². The summed E-state index contributed by atoms with van der Waals surface area (Å²) < 4.78 is 11.9. The van der Waals surface area contributed by atoms with Crippen molar-refractivity contribution < 1.29 is 24.8 Å². The molecule has 0 radical (unpaired) electrons. The van der Waals surface area contributed by atoms with Gasteiger partial charge in [-0.15, -0.1) is 0 Å². The van der Waals surface area contributed by atoms with E-state index in [1.807, 2.05) is 0 Å². The van der Waals surface area contributed by atoms with Crippen molar-refractivity contribution in [1.29, 1.82) is 0 Å². The fourth-order valence-corrected chi connectivity index (χ4v) is 2.91. The molecule has 1 fully saturated rings. The standard InChI is InChI=1S/C12H15ClN4O5/c1-21-12(20)8(19)6(3-18)22-11(12)17-2-5(13)7-9(14)15-4-16-10(7)17/h2,4,6,8,11,18-20H,3H2,1H3,(H2,14,15,16)/t6-,8-,11?,12+/m1/s1. The van der Waals surface area contributed by atoms with Gasteiger partial charge in [-0.2, -0.15) is 0 Å². The minimum atomic E-state index is -2.08. The zero-order valence-corrected chi connectivity index (χ0v) is 12.3. The van der Waals surface area contributed by atoms with Crippen LogP contribution in [-0.2, 0) is 9.47 Å². The van der Waals surface area contributed by atoms with E-state index in [1.165, 1.54) is 24.2 Å². The molecule has 2 aromatic rings. The molecule has 9 nitrogen and oxygen atoms in total. The number of nitrogens with two attached hydrogens (primary N) is 1. The van der Waals surface area contributed by atoms with Crippen molar-refractivity contribution in [3.05, 3.63) is 17.5 Å². The summed E-state index contributed by atoms with van der Waals surface area (Å²) in [6, 6.07) is 0. The highest BCUT2D eigenvalue weighted by atomic mass is 35.5. The maximum atomic E-state index is 10.6. The Hall–Kier alpha value is -1.49. The minimum absolute atomic E-state index is 0.173. The van der Waals surface area contributed by atoms with E-state index in [4.69, 9.17) is 26.8 Å². The fraction of sp³-hybridized carbons (Fsp3) is 0.500. The van der Waals surface area contributed by atoms with Crippen LogP contribution in [0.1, 0.15) is 6.23 Å². The third kappa shape index (κ3) is 1.98. The lowest BCUT2D eigenvalue weighted by Gasteiger charge is -2.30. The van der Waals surface area contributed by atoms with Gasteiger partial charge >= 0.3 is 0 Å². The van der Waals surface area contributed by atoms with Gasteiger partial charge < -0.3 is 30.5 Å². The number of hydrogen-bond acceptors (Lipinski definition) is 8. The number of nitrogens with zero attached hydrogens (tertiary/aromatic N) is 3. The average Bonchev–Trinajstić information content (AvgIpc) is 2.97. The molecular formula is C12H15ClN4O5. The average molecular weight is 331 g/mol. The summed E-state index contributed by atoms with van der Waals surface area (Å²) in [5.74, 6) is -1.91. The zero-order valence-electron chi connectivity index (χ0n) is 11.5. The van der Waals surface area contributed by atoms with E-state index in [0.717, 1.165) is 0 Å². The Bertz CT molecular complexity index is 710. The summed E-state index contributed by atoms with van der Waals surface area (Å²) in [6.45, 7) is -0.493. The first-order valence-electron chi connectivity index (χ1n) is 6.42. The molecule has 1 aliphatic rings. The second-order valence-corrected chi connectivity index (χ2v) is 5.36. The normalized spacial score (nSPS) is 32.0. The molecule has 1 aliphatic heterocycles. The Morgan fingerprint density at radius 2 is 2.27 bits per heavy atom. The van der Waals surface area contributed by atoms with E-state index in [-0.39, 0.29) is 10.8 Å². The van der Waals surface area contributed by atoms with Gasteiger partial charge in [0.15, 0.2) is 6.23 Å². The third-order valence-electron chi connectivity index (χ3n) is 3.79. The molecule has 5 N–H and O–H groups in total. The molecule has 10 heteroatoms. The predicted molar refractivity (Wildman–Crippen MR) is 75.9 cm³/mol. The number of aliphatic hydroxyl groups excluding tert-OH is 2. The molecule has 4 atom stereocenters. The molecule has 1 saturated heterocycles. The number of aromatic nitrogens is 3. The second kappa shape index (κ2) is 5.30. The van der Waals surface area contributed by atoms with Gasteiger partial charge in [0, 0.05) is 13.3 Å². The summed E-state index contributed by atoms with van der Waals surface area (Å²) in [4.78, 5) is 7.94. The molecule has 0 amide bonds. The molecule has 3 rings (SSSR count). The highest BCUT2D eigenvalue weighted by Gasteiger charge is 2.57. The molecular weight excluding hydrogens is 316 g/mol. The number of anilines is 1. The van der Waals surface area contributed by atoms with Crippen LogP contribution in [0, 0.1) is 0 Å². The minimum Gasteiger partial charge on any atom is -0.394 e. The molecule has 1 unspecified atom stereocenters. The van der Waals surface area contributed by atoms with E-state index in [2.05, 4.69) is 9.97 Å². The van der Waals surface area contributed by atoms with Crippen LogP contribution < -0.4 is 5.73 Å². The van der Waals surface area contributed by atoms with Crippen LogP contribution in [0.2, 0.25) is 5.02 Å². The lowest BCUT2D eigenvalue weighted by molar-refractivity contribution is -0.264. The first kappa shape index (κ1) is 15.4. The maximum absolute atomic E-state index is 10.6. The lowest BCUT2D eigenvalue weighted by Crippen LogP contribution is -2.48. The van der Waals surface area contributed by atoms with Crippen molar-refractivity contribution in [2.75, 3.05) is 19.5 Å². The molecule has 22 heavy (non-hydrogen) atoms. The summed E-state index contributed by atoms with van der Waals surface area (Å²) in [7, 11) is 1.22. The predicted octanol–water partition coefficient (Wildman–Crippen LogP) is -0.748. The number of hydrogen-bond donors (Lipinski definition) is 4. The topological polar surface area (TPSA) is 136 Å². The number of fused-ring (bicyclic) bond motifs is 1. The maximum Gasteiger partial charge on any atom is 0.241 e. The van der Waals surface area contributed by atoms with Crippen LogP contribution in [-0.4, -0.2) is 61.6 Å². The van der Waals surface area contributed by atoms with Crippen LogP contribution in [0.4, 0.5) is 5.82 Å². The third-order valence-corrected chi connectivity index (χ3v) is 4.07. The van der Waals surface area contributed by atoms with Crippen molar-refractivity contribution in [1.82, 2.24) is 14.5 Å². The molecule has 0 aromatic carbocycles. The van der Waals surface area contributed by atoms with Gasteiger partial charge in [0.25, 0.3) is 0 Å². The number of methoxy groups -OCH3 is 1. The summed E-state index contributed by atoms with van der Waals surface area (Å²) >= 11 is 6.13. The number of rotatable bonds is 3. The Labute approximate surface area is 129 Å². The van der Waals surface area contributed by atoms with E-state index in [1.54, 1.807) is 0 Å². The molecule has 0 spiro atoms. The lowest BCUT2D eigenvalue weighted by atomic mass is 10.1. The molecule has 3 heterocycles. The quantitative estimate of drug-likeness (QED) is 0.540. The van der Waals surface area contributed by atoms with Gasteiger partial charge in [-0.25, -0.2) is 9.97 Å². The first-order chi connectivity index (χ1) is 10.4. The highest BCUT2D eigenvalue weighted by molar-refractivity contribution is 6.36. The number of halogens is 1. The molecule has 0 aliphatic carbocycles. The summed E-state index contributed by atoms with van der Waals surface area (Å²) in [6.07, 6.45) is -0.967. The van der Waals surface area contributed by atoms with Crippen LogP contribution in [0.25, 0.3) is 11.0 Å². The van der Waals surface area contributed by atoms with Crippen molar-refractivity contribution in [2.45, 2.75) is 24.2 Å². The van der Waals surface area contributed by atoms with Crippen molar-refractivity contribution in [3.8, 4) is 0 Å². The van der Waals surface area contributed by atoms with Gasteiger partial charge in [0.2, 0.25) is 5.79 Å². The van der Waals surface area contributed by atoms with E-state index in [0.29, 0.717) is 11.0 Å².